The molecule has 0 spiro atoms. The Bertz CT molecular complexity index is 829. The van der Waals surface area contributed by atoms with Crippen LogP contribution in [0.4, 0.5) is 0 Å². The van der Waals surface area contributed by atoms with Gasteiger partial charge in [0.25, 0.3) is 0 Å². The number of carbonyl (C=O) groups excluding carboxylic acids is 1. The molecule has 1 N–H and O–H groups in total. The van der Waals surface area contributed by atoms with Crippen molar-refractivity contribution in [3.05, 3.63) is 33.8 Å². The van der Waals surface area contributed by atoms with Crippen LogP contribution in [0.3, 0.4) is 0 Å². The molecule has 0 radical (unpaired) electrons. The fourth-order valence-corrected chi connectivity index (χ4v) is 5.59. The Morgan fingerprint density at radius 2 is 2.15 bits per heavy atom. The zero-order chi connectivity index (χ0) is 18.7. The number of carbonyl (C=O) groups is 1. The molecule has 4 nitrogen and oxygen atoms in total. The number of aromatic nitrogens is 2. The first kappa shape index (κ1) is 19.6. The first-order valence-electron chi connectivity index (χ1n) is 9.04. The zero-order valence-electron chi connectivity index (χ0n) is 15.4. The summed E-state index contributed by atoms with van der Waals surface area (Å²) < 4.78 is 3.33. The van der Waals surface area contributed by atoms with Crippen LogP contribution in [-0.2, 0) is 4.79 Å². The average molecular weight is 408 g/mol. The van der Waals surface area contributed by atoms with E-state index in [4.69, 9.17) is 12.2 Å². The van der Waals surface area contributed by atoms with E-state index in [1.165, 1.54) is 35.9 Å². The van der Waals surface area contributed by atoms with Crippen LogP contribution in [0.2, 0.25) is 0 Å². The lowest BCUT2D eigenvalue weighted by Gasteiger charge is -2.34. The number of benzene rings is 1. The Morgan fingerprint density at radius 3 is 2.92 bits per heavy atom. The van der Waals surface area contributed by atoms with Gasteiger partial charge in [0.15, 0.2) is 8.29 Å². The topological polar surface area (TPSA) is 46.9 Å². The monoisotopic (exact) mass is 407 g/mol. The van der Waals surface area contributed by atoms with Crippen LogP contribution in [0.5, 0.6) is 0 Å². The predicted octanol–water partition coefficient (Wildman–Crippen LogP) is 5.00. The van der Waals surface area contributed by atoms with E-state index < -0.39 is 0 Å². The van der Waals surface area contributed by atoms with Gasteiger partial charge in [-0.15, -0.1) is 5.10 Å². The summed E-state index contributed by atoms with van der Waals surface area (Å²) in [7, 11) is 0. The van der Waals surface area contributed by atoms with Crippen LogP contribution < -0.4 is 5.32 Å². The van der Waals surface area contributed by atoms with Gasteiger partial charge in [-0.3, -0.25) is 4.79 Å². The van der Waals surface area contributed by atoms with Crippen molar-refractivity contribution < 1.29 is 4.79 Å². The van der Waals surface area contributed by atoms with Gasteiger partial charge in [-0.05, 0) is 49.0 Å². The molecule has 0 unspecified atom stereocenters. The van der Waals surface area contributed by atoms with Crippen molar-refractivity contribution in [3.8, 4) is 5.69 Å². The molecular weight excluding hydrogens is 382 g/mol. The molecule has 0 aliphatic heterocycles. The van der Waals surface area contributed by atoms with Crippen molar-refractivity contribution in [1.82, 2.24) is 15.1 Å². The summed E-state index contributed by atoms with van der Waals surface area (Å²) in [5.41, 5.74) is 2.12. The molecular formula is C19H25N3OS3. The summed E-state index contributed by atoms with van der Waals surface area (Å²) in [5.74, 6) is 1.69. The van der Waals surface area contributed by atoms with Gasteiger partial charge in [0.05, 0.1) is 11.4 Å². The van der Waals surface area contributed by atoms with Crippen molar-refractivity contribution in [3.63, 3.8) is 0 Å². The third kappa shape index (κ3) is 4.56. The second kappa shape index (κ2) is 8.67. The molecule has 1 saturated carbocycles. The van der Waals surface area contributed by atoms with Crippen LogP contribution >= 0.6 is 35.3 Å². The molecule has 3 rings (SSSR count). The molecule has 1 aliphatic carbocycles. The summed E-state index contributed by atoms with van der Waals surface area (Å²) >= 11 is 8.38. The quantitative estimate of drug-likeness (QED) is 0.559. The van der Waals surface area contributed by atoms with Gasteiger partial charge in [0, 0.05) is 6.04 Å². The molecule has 1 heterocycles. The molecule has 2 aromatic rings. The largest absolute Gasteiger partial charge is 0.352 e. The lowest BCUT2D eigenvalue weighted by atomic mass is 9.78. The first-order valence-corrected chi connectivity index (χ1v) is 11.2. The molecule has 0 bridgehead atoms. The maximum atomic E-state index is 12.4. The van der Waals surface area contributed by atoms with Crippen molar-refractivity contribution in [2.75, 3.05) is 5.75 Å². The number of nitrogens with one attached hydrogen (secondary N) is 1. The number of nitrogens with zero attached hydrogens (tertiary/aromatic N) is 2. The van der Waals surface area contributed by atoms with Crippen LogP contribution in [0.25, 0.3) is 5.69 Å². The standard InChI is InChI=1S/C19H25N3OS3/c1-12-8-6-9-15(14(12)3)20-17(23)11-25-18-21-22(19(24)26-18)16-10-5-4-7-13(16)2/h4-5,7,10,12,14-15H,6,8-9,11H2,1-3H3,(H,20,23)/t12-,14+,15+/m1/s1. The van der Waals surface area contributed by atoms with E-state index in [1.54, 1.807) is 4.68 Å². The second-order valence-corrected chi connectivity index (χ2v) is 9.91. The summed E-state index contributed by atoms with van der Waals surface area (Å²) in [6, 6.07) is 8.34. The minimum absolute atomic E-state index is 0.0875. The maximum absolute atomic E-state index is 12.4. The summed E-state index contributed by atoms with van der Waals surface area (Å²) in [4.78, 5) is 12.4. The Balaban J connectivity index is 1.60. The Morgan fingerprint density at radius 1 is 1.38 bits per heavy atom. The fraction of sp³-hybridized carbons (Fsp3) is 0.526. The van der Waals surface area contributed by atoms with E-state index in [0.29, 0.717) is 27.6 Å². The smallest absolute Gasteiger partial charge is 0.230 e. The van der Waals surface area contributed by atoms with E-state index in [1.807, 2.05) is 31.2 Å². The molecule has 7 heteroatoms. The van der Waals surface area contributed by atoms with Gasteiger partial charge in [-0.25, -0.2) is 4.68 Å². The highest BCUT2D eigenvalue weighted by Gasteiger charge is 2.28. The van der Waals surface area contributed by atoms with Crippen molar-refractivity contribution in [1.29, 1.82) is 0 Å². The lowest BCUT2D eigenvalue weighted by Crippen LogP contribution is -2.44. The molecule has 0 saturated heterocycles. The van der Waals surface area contributed by atoms with Crippen molar-refractivity contribution in [2.24, 2.45) is 11.8 Å². The number of hydrogen-bond donors (Lipinski definition) is 1. The molecule has 140 valence electrons. The number of para-hydroxylation sites is 1. The van der Waals surface area contributed by atoms with E-state index in [2.05, 4.69) is 24.3 Å². The third-order valence-corrected chi connectivity index (χ3v) is 7.62. The lowest BCUT2D eigenvalue weighted by molar-refractivity contribution is -0.119. The molecule has 1 fully saturated rings. The van der Waals surface area contributed by atoms with Crippen LogP contribution in [-0.4, -0.2) is 27.5 Å². The van der Waals surface area contributed by atoms with Crippen LogP contribution in [0.1, 0.15) is 38.7 Å². The minimum Gasteiger partial charge on any atom is -0.352 e. The molecule has 3 atom stereocenters. The molecule has 1 aliphatic rings. The number of thioether (sulfide) groups is 1. The second-order valence-electron chi connectivity index (χ2n) is 7.06. The van der Waals surface area contributed by atoms with Crippen LogP contribution in [0, 0.1) is 22.7 Å². The number of rotatable bonds is 5. The number of amides is 1. The summed E-state index contributed by atoms with van der Waals surface area (Å²) in [6.07, 6.45) is 3.55. The predicted molar refractivity (Wildman–Crippen MR) is 112 cm³/mol. The van der Waals surface area contributed by atoms with Crippen molar-refractivity contribution in [2.45, 2.75) is 50.4 Å². The number of aryl methyl sites for hydroxylation is 1. The highest BCUT2D eigenvalue weighted by Crippen LogP contribution is 2.30. The normalized spacial score (nSPS) is 23.0. The zero-order valence-corrected chi connectivity index (χ0v) is 17.8. The highest BCUT2D eigenvalue weighted by molar-refractivity contribution is 8.01. The molecule has 26 heavy (non-hydrogen) atoms. The summed E-state index contributed by atoms with van der Waals surface area (Å²) in [5, 5.41) is 7.82. The first-order chi connectivity index (χ1) is 12.5. The van der Waals surface area contributed by atoms with Gasteiger partial charge < -0.3 is 5.32 Å². The van der Waals surface area contributed by atoms with Crippen molar-refractivity contribution >= 4 is 41.2 Å². The van der Waals surface area contributed by atoms with E-state index in [-0.39, 0.29) is 5.91 Å². The van der Waals surface area contributed by atoms with Gasteiger partial charge >= 0.3 is 0 Å². The summed E-state index contributed by atoms with van der Waals surface area (Å²) in [6.45, 7) is 6.57. The molecule has 1 aromatic heterocycles. The van der Waals surface area contributed by atoms with E-state index in [9.17, 15) is 4.79 Å². The van der Waals surface area contributed by atoms with E-state index in [0.717, 1.165) is 22.0 Å². The number of hydrogen-bond acceptors (Lipinski definition) is 5. The van der Waals surface area contributed by atoms with Gasteiger partial charge in [0.2, 0.25) is 5.91 Å². The Labute approximate surface area is 168 Å². The average Bonchev–Trinajstić information content (AvgIpc) is 2.98. The van der Waals surface area contributed by atoms with Gasteiger partial charge in [-0.2, -0.15) is 0 Å². The molecule has 1 aromatic carbocycles. The Hall–Kier alpha value is -1.18. The minimum atomic E-state index is 0.0875. The molecule has 1 amide bonds. The Kier molecular flexibility index (Phi) is 6.53. The fourth-order valence-electron chi connectivity index (χ4n) is 3.43. The van der Waals surface area contributed by atoms with Gasteiger partial charge in [-0.1, -0.05) is 68.0 Å². The van der Waals surface area contributed by atoms with E-state index >= 15 is 0 Å². The third-order valence-electron chi connectivity index (χ3n) is 5.25. The maximum Gasteiger partial charge on any atom is 0.230 e. The SMILES string of the molecule is Cc1ccccc1-n1nc(SCC(=O)N[C@H]2CCC[C@@H](C)[C@@H]2C)sc1=S. The highest BCUT2D eigenvalue weighted by atomic mass is 32.2. The van der Waals surface area contributed by atoms with Gasteiger partial charge in [0.1, 0.15) is 0 Å². The van der Waals surface area contributed by atoms with Crippen LogP contribution in [0.15, 0.2) is 28.6 Å².